The lowest BCUT2D eigenvalue weighted by molar-refractivity contribution is 0.374. The first-order chi connectivity index (χ1) is 9.60. The number of hydrogen-bond acceptors (Lipinski definition) is 1. The summed E-state index contributed by atoms with van der Waals surface area (Å²) in [6, 6.07) is 14.4. The number of benzene rings is 2. The highest BCUT2D eigenvalue weighted by molar-refractivity contribution is 5.47. The van der Waals surface area contributed by atoms with Gasteiger partial charge in [-0.2, -0.15) is 0 Å². The van der Waals surface area contributed by atoms with Gasteiger partial charge in [-0.25, -0.2) is 4.39 Å². The molecule has 2 aromatic rings. The van der Waals surface area contributed by atoms with Crippen LogP contribution < -0.4 is 5.32 Å². The minimum absolute atomic E-state index is 0.165. The van der Waals surface area contributed by atoms with Crippen LogP contribution in [0.4, 0.5) is 10.1 Å². The summed E-state index contributed by atoms with van der Waals surface area (Å²) in [4.78, 5) is 0. The molecule has 1 aliphatic carbocycles. The number of halogens is 1. The van der Waals surface area contributed by atoms with Crippen molar-refractivity contribution in [1.29, 1.82) is 0 Å². The zero-order valence-corrected chi connectivity index (χ0v) is 12.0. The van der Waals surface area contributed by atoms with E-state index < -0.39 is 0 Å². The van der Waals surface area contributed by atoms with Gasteiger partial charge >= 0.3 is 0 Å². The smallest absolute Gasteiger partial charge is 0.125 e. The van der Waals surface area contributed by atoms with Crippen LogP contribution in [0.15, 0.2) is 42.5 Å². The number of hydrogen-bond donors (Lipinski definition) is 1. The van der Waals surface area contributed by atoms with E-state index in [0.717, 1.165) is 24.1 Å². The molecule has 0 saturated heterocycles. The van der Waals surface area contributed by atoms with Gasteiger partial charge in [-0.15, -0.1) is 0 Å². The van der Waals surface area contributed by atoms with E-state index in [9.17, 15) is 4.39 Å². The molecule has 0 heterocycles. The van der Waals surface area contributed by atoms with E-state index in [-0.39, 0.29) is 5.82 Å². The van der Waals surface area contributed by atoms with Gasteiger partial charge in [0.25, 0.3) is 0 Å². The molecule has 1 N–H and O–H groups in total. The Morgan fingerprint density at radius 1 is 0.950 bits per heavy atom. The first-order valence-corrected chi connectivity index (χ1v) is 7.20. The predicted octanol–water partition coefficient (Wildman–Crippen LogP) is 4.80. The molecule has 1 saturated carbocycles. The second kappa shape index (κ2) is 5.28. The van der Waals surface area contributed by atoms with Crippen LogP contribution in [-0.4, -0.2) is 6.04 Å². The molecule has 104 valence electrons. The number of anilines is 1. The second-order valence-corrected chi connectivity index (χ2v) is 5.94. The highest BCUT2D eigenvalue weighted by Gasteiger charge is 2.30. The van der Waals surface area contributed by atoms with Gasteiger partial charge in [0.15, 0.2) is 0 Å². The largest absolute Gasteiger partial charge is 0.382 e. The van der Waals surface area contributed by atoms with E-state index in [1.807, 2.05) is 13.0 Å². The van der Waals surface area contributed by atoms with Crippen molar-refractivity contribution in [2.75, 3.05) is 5.32 Å². The topological polar surface area (TPSA) is 12.0 Å². The fourth-order valence-corrected chi connectivity index (χ4v) is 2.90. The standard InChI is InChI=1S/C18H20FN/c1-12-3-5-14(6-4-12)15-9-18(10-15)20-17-8-13(2)7-16(19)11-17/h3-8,11,15,18,20H,9-10H2,1-2H3. The molecule has 0 atom stereocenters. The summed E-state index contributed by atoms with van der Waals surface area (Å²) in [6.07, 6.45) is 2.25. The predicted molar refractivity (Wildman–Crippen MR) is 81.7 cm³/mol. The Kier molecular flexibility index (Phi) is 3.47. The molecule has 0 bridgehead atoms. The van der Waals surface area contributed by atoms with Crippen molar-refractivity contribution in [1.82, 2.24) is 0 Å². The van der Waals surface area contributed by atoms with E-state index in [0.29, 0.717) is 12.0 Å². The maximum Gasteiger partial charge on any atom is 0.125 e. The molecule has 0 radical (unpaired) electrons. The first-order valence-electron chi connectivity index (χ1n) is 7.20. The zero-order chi connectivity index (χ0) is 14.1. The maximum atomic E-state index is 13.3. The molecule has 1 fully saturated rings. The fraction of sp³-hybridized carbons (Fsp3) is 0.333. The highest BCUT2D eigenvalue weighted by Crippen LogP contribution is 2.38. The molecule has 0 unspecified atom stereocenters. The Labute approximate surface area is 119 Å². The molecule has 0 aromatic heterocycles. The van der Waals surface area contributed by atoms with Crippen molar-refractivity contribution in [3.8, 4) is 0 Å². The monoisotopic (exact) mass is 269 g/mol. The quantitative estimate of drug-likeness (QED) is 0.844. The van der Waals surface area contributed by atoms with Crippen LogP contribution in [0, 0.1) is 19.7 Å². The zero-order valence-electron chi connectivity index (χ0n) is 12.0. The molecule has 0 amide bonds. The lowest BCUT2D eigenvalue weighted by Gasteiger charge is -2.37. The van der Waals surface area contributed by atoms with Gasteiger partial charge in [0.1, 0.15) is 5.82 Å². The summed E-state index contributed by atoms with van der Waals surface area (Å²) in [5.74, 6) is 0.477. The van der Waals surface area contributed by atoms with Crippen molar-refractivity contribution in [2.45, 2.75) is 38.6 Å². The summed E-state index contributed by atoms with van der Waals surface area (Å²) in [5.41, 5.74) is 4.58. The summed E-state index contributed by atoms with van der Waals surface area (Å²) in [5, 5.41) is 3.43. The van der Waals surface area contributed by atoms with E-state index in [4.69, 9.17) is 0 Å². The van der Waals surface area contributed by atoms with E-state index in [2.05, 4.69) is 36.5 Å². The third-order valence-corrected chi connectivity index (χ3v) is 4.10. The van der Waals surface area contributed by atoms with Gasteiger partial charge in [-0.1, -0.05) is 29.8 Å². The molecule has 2 heteroatoms. The molecule has 3 rings (SSSR count). The van der Waals surface area contributed by atoms with E-state index >= 15 is 0 Å². The van der Waals surface area contributed by atoms with Crippen LogP contribution in [-0.2, 0) is 0 Å². The molecule has 1 aliphatic rings. The average Bonchev–Trinajstić information content (AvgIpc) is 2.33. The Hall–Kier alpha value is -1.83. The van der Waals surface area contributed by atoms with Crippen LogP contribution in [0.5, 0.6) is 0 Å². The summed E-state index contributed by atoms with van der Waals surface area (Å²) < 4.78 is 13.3. The van der Waals surface area contributed by atoms with Crippen molar-refractivity contribution < 1.29 is 4.39 Å². The van der Waals surface area contributed by atoms with Crippen LogP contribution >= 0.6 is 0 Å². The van der Waals surface area contributed by atoms with E-state index in [1.54, 1.807) is 12.1 Å². The molecule has 0 spiro atoms. The van der Waals surface area contributed by atoms with Crippen LogP contribution in [0.25, 0.3) is 0 Å². The lowest BCUT2D eigenvalue weighted by Crippen LogP contribution is -2.34. The van der Waals surface area contributed by atoms with Gasteiger partial charge in [0, 0.05) is 11.7 Å². The molecule has 1 nitrogen and oxygen atoms in total. The summed E-state index contributed by atoms with van der Waals surface area (Å²) >= 11 is 0. The van der Waals surface area contributed by atoms with Crippen molar-refractivity contribution in [3.05, 3.63) is 65.0 Å². The van der Waals surface area contributed by atoms with E-state index in [1.165, 1.54) is 11.1 Å². The Balaban J connectivity index is 1.59. The third-order valence-electron chi connectivity index (χ3n) is 4.10. The van der Waals surface area contributed by atoms with Gasteiger partial charge in [-0.3, -0.25) is 0 Å². The van der Waals surface area contributed by atoms with Crippen LogP contribution in [0.3, 0.4) is 0 Å². The normalized spacial score (nSPS) is 21.4. The lowest BCUT2D eigenvalue weighted by atomic mass is 9.75. The Morgan fingerprint density at radius 3 is 2.30 bits per heavy atom. The molecular formula is C18H20FN. The average molecular weight is 269 g/mol. The summed E-state index contributed by atoms with van der Waals surface area (Å²) in [7, 11) is 0. The van der Waals surface area contributed by atoms with Crippen LogP contribution in [0.2, 0.25) is 0 Å². The Morgan fingerprint density at radius 2 is 1.65 bits per heavy atom. The third kappa shape index (κ3) is 2.84. The molecular weight excluding hydrogens is 249 g/mol. The maximum absolute atomic E-state index is 13.3. The van der Waals surface area contributed by atoms with Crippen LogP contribution in [0.1, 0.15) is 35.4 Å². The Bertz CT molecular complexity index is 577. The number of nitrogens with one attached hydrogen (secondary N) is 1. The SMILES string of the molecule is Cc1ccc(C2CC(Nc3cc(C)cc(F)c3)C2)cc1. The molecule has 0 aliphatic heterocycles. The minimum Gasteiger partial charge on any atom is -0.382 e. The first kappa shape index (κ1) is 13.2. The molecule has 2 aromatic carbocycles. The minimum atomic E-state index is -0.165. The highest BCUT2D eigenvalue weighted by atomic mass is 19.1. The number of aryl methyl sites for hydroxylation is 2. The van der Waals surface area contributed by atoms with Crippen molar-refractivity contribution in [2.24, 2.45) is 0 Å². The molecule has 20 heavy (non-hydrogen) atoms. The van der Waals surface area contributed by atoms with Gasteiger partial charge < -0.3 is 5.32 Å². The summed E-state index contributed by atoms with van der Waals surface area (Å²) in [6.45, 7) is 4.03. The second-order valence-electron chi connectivity index (χ2n) is 5.94. The van der Waals surface area contributed by atoms with Crippen molar-refractivity contribution >= 4 is 5.69 Å². The number of rotatable bonds is 3. The van der Waals surface area contributed by atoms with Gasteiger partial charge in [0.05, 0.1) is 0 Å². The van der Waals surface area contributed by atoms with Crippen molar-refractivity contribution in [3.63, 3.8) is 0 Å². The fourth-order valence-electron chi connectivity index (χ4n) is 2.90. The van der Waals surface area contributed by atoms with Gasteiger partial charge in [0.2, 0.25) is 0 Å². The van der Waals surface area contributed by atoms with Gasteiger partial charge in [-0.05, 0) is 61.9 Å².